The molecule has 26 heavy (non-hydrogen) atoms. The fourth-order valence-electron chi connectivity index (χ4n) is 5.02. The molecule has 9 nitrogen and oxygen atoms in total. The van der Waals surface area contributed by atoms with Gasteiger partial charge in [0.05, 0.1) is 12.2 Å². The number of fused-ring (bicyclic) bond motifs is 2. The Morgan fingerprint density at radius 1 is 1.27 bits per heavy atom. The molecule has 0 saturated carbocycles. The van der Waals surface area contributed by atoms with Crippen LogP contribution in [0.1, 0.15) is 19.8 Å². The minimum atomic E-state index is 0.0619. The summed E-state index contributed by atoms with van der Waals surface area (Å²) in [6.07, 6.45) is 5.60. The fourth-order valence-corrected chi connectivity index (χ4v) is 5.02. The van der Waals surface area contributed by atoms with Gasteiger partial charge in [-0.2, -0.15) is 4.52 Å². The summed E-state index contributed by atoms with van der Waals surface area (Å²) in [4.78, 5) is 23.7. The second-order valence-corrected chi connectivity index (χ2v) is 8.28. The second-order valence-electron chi connectivity index (χ2n) is 8.28. The Hall–Kier alpha value is -2.29. The molecule has 3 saturated heterocycles. The Balaban J connectivity index is 1.36. The number of hydrogen-bond acceptors (Lipinski definition) is 7. The molecular weight excluding hydrogens is 332 g/mol. The van der Waals surface area contributed by atoms with Gasteiger partial charge in [-0.05, 0) is 29.2 Å². The van der Waals surface area contributed by atoms with Crippen LogP contribution in [0.25, 0.3) is 5.65 Å². The molecule has 3 atom stereocenters. The minimum absolute atomic E-state index is 0.0619. The van der Waals surface area contributed by atoms with Crippen molar-refractivity contribution in [2.45, 2.75) is 25.8 Å². The number of piperidine rings is 1. The summed E-state index contributed by atoms with van der Waals surface area (Å²) in [5.74, 6) is 1.67. The van der Waals surface area contributed by atoms with Crippen LogP contribution in [-0.2, 0) is 4.79 Å². The maximum absolute atomic E-state index is 12.6. The van der Waals surface area contributed by atoms with E-state index in [-0.39, 0.29) is 17.4 Å². The second kappa shape index (κ2) is 5.60. The van der Waals surface area contributed by atoms with Crippen molar-refractivity contribution in [1.82, 2.24) is 34.8 Å². The summed E-state index contributed by atoms with van der Waals surface area (Å²) in [5, 5.41) is 11.8. The van der Waals surface area contributed by atoms with Crippen molar-refractivity contribution >= 4 is 17.4 Å². The maximum atomic E-state index is 12.6. The highest BCUT2D eigenvalue weighted by atomic mass is 16.2. The molecule has 9 heteroatoms. The van der Waals surface area contributed by atoms with E-state index in [9.17, 15) is 4.79 Å². The highest BCUT2D eigenvalue weighted by molar-refractivity contribution is 5.82. The lowest BCUT2D eigenvalue weighted by Gasteiger charge is -2.36. The molecule has 0 bridgehead atoms. The standard InChI is InChI=1S/C17H24N8O/c1-17-10-23(13-4-3-6-22(2)16(13)26)8-12(17)9-24(11-17)14-15-19-20-21-25(15)7-5-18-14/h5,7,12-13H,3-4,6,8-11H2,1-2H3/t12-,13?,17+/m1/s1. The molecule has 3 aliphatic heterocycles. The molecule has 5 rings (SSSR count). The number of likely N-dealkylation sites (tertiary alicyclic amines) is 2. The van der Waals surface area contributed by atoms with Gasteiger partial charge in [0.15, 0.2) is 5.82 Å². The van der Waals surface area contributed by atoms with Crippen molar-refractivity contribution in [2.24, 2.45) is 11.3 Å². The Labute approximate surface area is 152 Å². The first-order valence-corrected chi connectivity index (χ1v) is 9.32. The largest absolute Gasteiger partial charge is 0.352 e. The van der Waals surface area contributed by atoms with Gasteiger partial charge in [0.1, 0.15) is 0 Å². The molecule has 3 fully saturated rings. The minimum Gasteiger partial charge on any atom is -0.352 e. The predicted octanol–water partition coefficient (Wildman–Crippen LogP) is -0.102. The third kappa shape index (κ3) is 2.29. The number of amides is 1. The highest BCUT2D eigenvalue weighted by Gasteiger charge is 2.52. The number of carbonyl (C=O) groups excluding carboxylic acids is 1. The summed E-state index contributed by atoms with van der Waals surface area (Å²) in [7, 11) is 1.92. The SMILES string of the molecule is CN1CCCC(N2C[C@@H]3CN(c4nccn5nnnc45)C[C@]3(C)C2)C1=O. The lowest BCUT2D eigenvalue weighted by Crippen LogP contribution is -2.51. The van der Waals surface area contributed by atoms with E-state index in [1.54, 1.807) is 16.9 Å². The molecule has 5 heterocycles. The number of nitrogens with zero attached hydrogens (tertiary/aromatic N) is 8. The van der Waals surface area contributed by atoms with Crippen LogP contribution in [0.5, 0.6) is 0 Å². The van der Waals surface area contributed by atoms with Crippen LogP contribution in [0.3, 0.4) is 0 Å². The monoisotopic (exact) mass is 356 g/mol. The van der Waals surface area contributed by atoms with Crippen molar-refractivity contribution in [3.63, 3.8) is 0 Å². The van der Waals surface area contributed by atoms with Crippen molar-refractivity contribution in [1.29, 1.82) is 0 Å². The Bertz CT molecular complexity index is 852. The molecule has 1 unspecified atom stereocenters. The average molecular weight is 356 g/mol. The van der Waals surface area contributed by atoms with Gasteiger partial charge in [-0.15, -0.1) is 5.10 Å². The Morgan fingerprint density at radius 2 is 2.15 bits per heavy atom. The lowest BCUT2D eigenvalue weighted by molar-refractivity contribution is -0.138. The zero-order valence-corrected chi connectivity index (χ0v) is 15.2. The van der Waals surface area contributed by atoms with Crippen molar-refractivity contribution in [3.05, 3.63) is 12.4 Å². The number of rotatable bonds is 2. The first-order chi connectivity index (χ1) is 12.5. The van der Waals surface area contributed by atoms with Gasteiger partial charge in [-0.3, -0.25) is 9.69 Å². The van der Waals surface area contributed by atoms with Crippen LogP contribution in [-0.4, -0.2) is 86.5 Å². The number of carbonyl (C=O) groups is 1. The van der Waals surface area contributed by atoms with Crippen molar-refractivity contribution in [2.75, 3.05) is 44.7 Å². The van der Waals surface area contributed by atoms with E-state index in [1.807, 2.05) is 11.9 Å². The molecule has 0 aromatic carbocycles. The van der Waals surface area contributed by atoms with Crippen LogP contribution >= 0.6 is 0 Å². The van der Waals surface area contributed by atoms with Gasteiger partial charge in [0.25, 0.3) is 0 Å². The van der Waals surface area contributed by atoms with Gasteiger partial charge in [-0.1, -0.05) is 6.92 Å². The van der Waals surface area contributed by atoms with Crippen molar-refractivity contribution < 1.29 is 4.79 Å². The number of hydrogen-bond donors (Lipinski definition) is 0. The van der Waals surface area contributed by atoms with E-state index >= 15 is 0 Å². The summed E-state index contributed by atoms with van der Waals surface area (Å²) >= 11 is 0. The van der Waals surface area contributed by atoms with Gasteiger partial charge < -0.3 is 9.80 Å². The van der Waals surface area contributed by atoms with Gasteiger partial charge >= 0.3 is 0 Å². The summed E-state index contributed by atoms with van der Waals surface area (Å²) in [5.41, 5.74) is 0.871. The quantitative estimate of drug-likeness (QED) is 0.743. The molecule has 2 aromatic heterocycles. The number of anilines is 1. The first-order valence-electron chi connectivity index (χ1n) is 9.32. The molecule has 138 valence electrons. The number of aromatic nitrogens is 5. The lowest BCUT2D eigenvalue weighted by atomic mass is 9.83. The van der Waals surface area contributed by atoms with Gasteiger partial charge in [0.2, 0.25) is 11.6 Å². The number of likely N-dealkylation sites (N-methyl/N-ethyl adjacent to an activating group) is 1. The summed E-state index contributed by atoms with van der Waals surface area (Å²) < 4.78 is 1.67. The first kappa shape index (κ1) is 15.9. The molecule has 1 amide bonds. The number of tetrazole rings is 1. The fraction of sp³-hybridized carbons (Fsp3) is 0.706. The molecule has 0 N–H and O–H groups in total. The van der Waals surface area contributed by atoms with E-state index in [2.05, 4.69) is 37.2 Å². The molecule has 2 aromatic rings. The normalized spacial score (nSPS) is 32.6. The van der Waals surface area contributed by atoms with Crippen LogP contribution in [0.2, 0.25) is 0 Å². The Kier molecular flexibility index (Phi) is 3.43. The topological polar surface area (TPSA) is 82.8 Å². The van der Waals surface area contributed by atoms with Gasteiger partial charge in [0, 0.05) is 51.4 Å². The average Bonchev–Trinajstić information content (AvgIpc) is 3.28. The Morgan fingerprint density at radius 3 is 3.00 bits per heavy atom. The molecular formula is C17H24N8O. The van der Waals surface area contributed by atoms with Gasteiger partial charge in [-0.25, -0.2) is 4.98 Å². The zero-order valence-electron chi connectivity index (χ0n) is 15.2. The van der Waals surface area contributed by atoms with E-state index in [0.29, 0.717) is 11.6 Å². The maximum Gasteiger partial charge on any atom is 0.239 e. The van der Waals surface area contributed by atoms with E-state index < -0.39 is 0 Å². The van der Waals surface area contributed by atoms with E-state index in [4.69, 9.17) is 0 Å². The predicted molar refractivity (Wildman–Crippen MR) is 94.6 cm³/mol. The van der Waals surface area contributed by atoms with Crippen LogP contribution in [0.4, 0.5) is 5.82 Å². The smallest absolute Gasteiger partial charge is 0.239 e. The van der Waals surface area contributed by atoms with Crippen LogP contribution in [0.15, 0.2) is 12.4 Å². The summed E-state index contributed by atoms with van der Waals surface area (Å²) in [6.45, 7) is 7.03. The third-order valence-corrected chi connectivity index (χ3v) is 6.47. The third-order valence-electron chi connectivity index (χ3n) is 6.47. The van der Waals surface area contributed by atoms with Crippen molar-refractivity contribution in [3.8, 4) is 0 Å². The summed E-state index contributed by atoms with van der Waals surface area (Å²) in [6, 6.07) is 0.0619. The molecule has 0 radical (unpaired) electrons. The van der Waals surface area contributed by atoms with E-state index in [1.165, 1.54) is 0 Å². The zero-order chi connectivity index (χ0) is 17.9. The van der Waals surface area contributed by atoms with E-state index in [0.717, 1.165) is 51.4 Å². The van der Waals surface area contributed by atoms with Crippen LogP contribution in [0, 0.1) is 11.3 Å². The molecule has 3 aliphatic rings. The molecule has 0 spiro atoms. The highest BCUT2D eigenvalue weighted by Crippen LogP contribution is 2.44. The molecule has 0 aliphatic carbocycles. The van der Waals surface area contributed by atoms with Crippen LogP contribution < -0.4 is 4.90 Å².